The summed E-state index contributed by atoms with van der Waals surface area (Å²) in [5, 5.41) is 5.64. The van der Waals surface area contributed by atoms with Crippen molar-refractivity contribution in [3.8, 4) is 11.3 Å². The third-order valence-electron chi connectivity index (χ3n) is 6.72. The highest BCUT2D eigenvalue weighted by Crippen LogP contribution is 2.29. The van der Waals surface area contributed by atoms with Crippen LogP contribution in [0.15, 0.2) is 72.8 Å². The second kappa shape index (κ2) is 7.85. The molecule has 0 bridgehead atoms. The lowest BCUT2D eigenvalue weighted by Gasteiger charge is -2.24. The number of benzene rings is 3. The van der Waals surface area contributed by atoms with E-state index < -0.39 is 8.07 Å². The Morgan fingerprint density at radius 2 is 1.53 bits per heavy atom. The minimum atomic E-state index is -1.73. The SMILES string of the molecule is CCc1ccc(C)c(-c2c3ccc([Si](C)(C)c4ccccc4)cc3cc(C)[n+]2C)c1. The van der Waals surface area contributed by atoms with Crippen LogP contribution in [-0.2, 0) is 13.5 Å². The van der Waals surface area contributed by atoms with Crippen molar-refractivity contribution in [2.75, 3.05) is 0 Å². The molecule has 2 heteroatoms. The zero-order valence-corrected chi connectivity index (χ0v) is 20.1. The number of aryl methyl sites for hydroxylation is 3. The van der Waals surface area contributed by atoms with Crippen molar-refractivity contribution in [1.29, 1.82) is 0 Å². The first kappa shape index (κ1) is 20.6. The molecule has 0 aliphatic rings. The maximum atomic E-state index is 2.45. The van der Waals surface area contributed by atoms with Crippen LogP contribution in [0.2, 0.25) is 13.1 Å². The fourth-order valence-corrected chi connectivity index (χ4v) is 6.83. The van der Waals surface area contributed by atoms with E-state index in [-0.39, 0.29) is 0 Å². The largest absolute Gasteiger partial charge is 0.220 e. The summed E-state index contributed by atoms with van der Waals surface area (Å²) in [7, 11) is 0.460. The maximum absolute atomic E-state index is 2.45. The predicted octanol–water partition coefficient (Wildman–Crippen LogP) is 5.33. The minimum absolute atomic E-state index is 1.06. The van der Waals surface area contributed by atoms with Gasteiger partial charge in [-0.3, -0.25) is 0 Å². The van der Waals surface area contributed by atoms with E-state index in [4.69, 9.17) is 0 Å². The molecule has 0 radical (unpaired) electrons. The number of pyridine rings is 1. The summed E-state index contributed by atoms with van der Waals surface area (Å²) in [5.41, 5.74) is 6.67. The molecule has 1 nitrogen and oxygen atoms in total. The van der Waals surface area contributed by atoms with E-state index in [9.17, 15) is 0 Å². The Balaban J connectivity index is 1.95. The fraction of sp³-hybridized carbons (Fsp3) is 0.250. The molecule has 4 aromatic rings. The van der Waals surface area contributed by atoms with Crippen molar-refractivity contribution in [3.05, 3.63) is 89.6 Å². The van der Waals surface area contributed by atoms with Crippen LogP contribution < -0.4 is 14.9 Å². The van der Waals surface area contributed by atoms with Gasteiger partial charge in [-0.05, 0) is 42.0 Å². The summed E-state index contributed by atoms with van der Waals surface area (Å²) in [5.74, 6) is 0. The third-order valence-corrected chi connectivity index (χ3v) is 10.2. The zero-order valence-electron chi connectivity index (χ0n) is 19.1. The number of hydrogen-bond donors (Lipinski definition) is 0. The topological polar surface area (TPSA) is 3.88 Å². The molecule has 0 amide bonds. The van der Waals surface area contributed by atoms with Crippen molar-refractivity contribution >= 4 is 29.2 Å². The Labute approximate surface area is 182 Å². The summed E-state index contributed by atoms with van der Waals surface area (Å²) >= 11 is 0. The van der Waals surface area contributed by atoms with Gasteiger partial charge in [0.25, 0.3) is 0 Å². The Morgan fingerprint density at radius 1 is 0.800 bits per heavy atom. The molecule has 0 aliphatic heterocycles. The first-order chi connectivity index (χ1) is 14.3. The summed E-state index contributed by atoms with van der Waals surface area (Å²) in [6, 6.07) is 27.4. The van der Waals surface area contributed by atoms with E-state index in [0.717, 1.165) is 6.42 Å². The van der Waals surface area contributed by atoms with Crippen molar-refractivity contribution in [1.82, 2.24) is 0 Å². The molecule has 0 fully saturated rings. The lowest BCUT2D eigenvalue weighted by Crippen LogP contribution is -2.52. The zero-order chi connectivity index (χ0) is 21.5. The molecule has 0 spiro atoms. The molecule has 0 N–H and O–H groups in total. The van der Waals surface area contributed by atoms with Gasteiger partial charge in [0.15, 0.2) is 5.69 Å². The van der Waals surface area contributed by atoms with Crippen LogP contribution in [0.5, 0.6) is 0 Å². The highest BCUT2D eigenvalue weighted by atomic mass is 28.3. The summed E-state index contributed by atoms with van der Waals surface area (Å²) in [6.45, 7) is 11.6. The second-order valence-electron chi connectivity index (χ2n) is 8.99. The van der Waals surface area contributed by atoms with Crippen LogP contribution in [0.4, 0.5) is 0 Å². The van der Waals surface area contributed by atoms with Gasteiger partial charge in [0.1, 0.15) is 15.1 Å². The number of rotatable bonds is 4. The van der Waals surface area contributed by atoms with Gasteiger partial charge in [-0.15, -0.1) is 0 Å². The molecule has 0 aliphatic carbocycles. The molecule has 0 saturated heterocycles. The summed E-state index contributed by atoms with van der Waals surface area (Å²) < 4.78 is 2.35. The van der Waals surface area contributed by atoms with Crippen LogP contribution in [0.3, 0.4) is 0 Å². The van der Waals surface area contributed by atoms with E-state index in [1.54, 1.807) is 0 Å². The number of aromatic nitrogens is 1. The lowest BCUT2D eigenvalue weighted by molar-refractivity contribution is -0.665. The molecular weight excluding hydrogens is 378 g/mol. The Morgan fingerprint density at radius 3 is 2.23 bits per heavy atom. The first-order valence-corrected chi connectivity index (χ1v) is 13.9. The highest BCUT2D eigenvalue weighted by molar-refractivity contribution is 7.00. The van der Waals surface area contributed by atoms with E-state index >= 15 is 0 Å². The van der Waals surface area contributed by atoms with Crippen LogP contribution in [-0.4, -0.2) is 8.07 Å². The van der Waals surface area contributed by atoms with Crippen molar-refractivity contribution in [3.63, 3.8) is 0 Å². The molecule has 4 rings (SSSR count). The van der Waals surface area contributed by atoms with Crippen molar-refractivity contribution in [2.45, 2.75) is 40.3 Å². The normalized spacial score (nSPS) is 11.8. The highest BCUT2D eigenvalue weighted by Gasteiger charge is 2.27. The van der Waals surface area contributed by atoms with E-state index in [0.29, 0.717) is 0 Å². The average Bonchev–Trinajstić information content (AvgIpc) is 2.76. The lowest BCUT2D eigenvalue weighted by atomic mass is 9.96. The maximum Gasteiger partial charge on any atom is 0.220 e. The second-order valence-corrected chi connectivity index (χ2v) is 13.4. The van der Waals surface area contributed by atoms with Gasteiger partial charge in [0, 0.05) is 18.6 Å². The van der Waals surface area contributed by atoms with Gasteiger partial charge in [-0.1, -0.05) is 85.0 Å². The molecule has 0 saturated carbocycles. The third kappa shape index (κ3) is 3.50. The van der Waals surface area contributed by atoms with Gasteiger partial charge in [-0.2, -0.15) is 4.57 Å². The van der Waals surface area contributed by atoms with Gasteiger partial charge in [-0.25, -0.2) is 0 Å². The number of nitrogens with zero attached hydrogens (tertiary/aromatic N) is 1. The standard InChI is InChI=1S/C28H32NSi/c1-7-22-14-13-20(2)27(18-22)28-26-16-15-25(19-23(26)17-21(3)29(28)4)30(5,6)24-11-9-8-10-12-24/h8-19H,7H2,1-6H3/q+1. The molecule has 1 aromatic heterocycles. The molecule has 152 valence electrons. The Kier molecular flexibility index (Phi) is 5.38. The van der Waals surface area contributed by atoms with Gasteiger partial charge >= 0.3 is 0 Å². The number of hydrogen-bond acceptors (Lipinski definition) is 0. The fourth-order valence-electron chi connectivity index (χ4n) is 4.46. The Bertz CT molecular complexity index is 1220. The smallest absolute Gasteiger partial charge is 0.198 e. The minimum Gasteiger partial charge on any atom is -0.198 e. The van der Waals surface area contributed by atoms with E-state index in [1.807, 2.05) is 0 Å². The van der Waals surface area contributed by atoms with Crippen LogP contribution in [0, 0.1) is 13.8 Å². The summed E-state index contributed by atoms with van der Waals surface area (Å²) in [4.78, 5) is 0. The molecule has 1 heterocycles. The van der Waals surface area contributed by atoms with Gasteiger partial charge in [0.2, 0.25) is 5.69 Å². The van der Waals surface area contributed by atoms with Crippen molar-refractivity contribution in [2.24, 2.45) is 7.05 Å². The van der Waals surface area contributed by atoms with Gasteiger partial charge in [0.05, 0.1) is 5.39 Å². The first-order valence-electron chi connectivity index (χ1n) is 10.9. The predicted molar refractivity (Wildman–Crippen MR) is 133 cm³/mol. The van der Waals surface area contributed by atoms with Gasteiger partial charge < -0.3 is 0 Å². The molecule has 3 aromatic carbocycles. The van der Waals surface area contributed by atoms with E-state index in [1.165, 1.54) is 49.2 Å². The van der Waals surface area contributed by atoms with Crippen LogP contribution in [0.1, 0.15) is 23.7 Å². The molecule has 30 heavy (non-hydrogen) atoms. The Hall–Kier alpha value is -2.71. The van der Waals surface area contributed by atoms with Crippen LogP contribution >= 0.6 is 0 Å². The summed E-state index contributed by atoms with van der Waals surface area (Å²) in [6.07, 6.45) is 1.06. The average molecular weight is 411 g/mol. The number of fused-ring (bicyclic) bond motifs is 1. The van der Waals surface area contributed by atoms with Crippen molar-refractivity contribution < 1.29 is 4.57 Å². The molecule has 0 unspecified atom stereocenters. The monoisotopic (exact) mass is 410 g/mol. The van der Waals surface area contributed by atoms with E-state index in [2.05, 4.69) is 118 Å². The quantitative estimate of drug-likeness (QED) is 0.316. The van der Waals surface area contributed by atoms with Crippen LogP contribution in [0.25, 0.3) is 22.0 Å². The molecular formula is C28H32NSi+. The molecule has 0 atom stereocenters.